The molecule has 114 valence electrons. The second kappa shape index (κ2) is 5.02. The molecule has 1 saturated heterocycles. The van der Waals surface area contributed by atoms with Gasteiger partial charge in [-0.2, -0.15) is 0 Å². The molecule has 0 radical (unpaired) electrons. The van der Waals surface area contributed by atoms with Crippen LogP contribution >= 0.6 is 0 Å². The van der Waals surface area contributed by atoms with Gasteiger partial charge in [-0.15, -0.1) is 0 Å². The summed E-state index contributed by atoms with van der Waals surface area (Å²) >= 11 is 0. The summed E-state index contributed by atoms with van der Waals surface area (Å²) in [6.07, 6.45) is 2.80. The Labute approximate surface area is 123 Å². The van der Waals surface area contributed by atoms with Crippen molar-refractivity contribution in [3.05, 3.63) is 29.8 Å². The summed E-state index contributed by atoms with van der Waals surface area (Å²) in [5.41, 5.74) is -0.0578. The number of ether oxygens (including phenoxy) is 1. The molecule has 1 saturated carbocycles. The first-order valence-corrected chi connectivity index (χ1v) is 8.94. The van der Waals surface area contributed by atoms with Crippen LogP contribution in [-0.4, -0.2) is 37.1 Å². The van der Waals surface area contributed by atoms with E-state index in [4.69, 9.17) is 4.74 Å². The molecule has 0 aromatic heterocycles. The zero-order chi connectivity index (χ0) is 15.1. The van der Waals surface area contributed by atoms with E-state index in [1.807, 2.05) is 6.07 Å². The molecule has 1 aromatic carbocycles. The van der Waals surface area contributed by atoms with E-state index in [0.717, 1.165) is 18.4 Å². The minimum atomic E-state index is -2.92. The van der Waals surface area contributed by atoms with Crippen LogP contribution in [0, 0.1) is 0 Å². The van der Waals surface area contributed by atoms with Gasteiger partial charge >= 0.3 is 5.97 Å². The van der Waals surface area contributed by atoms with Gasteiger partial charge in [0.25, 0.3) is 0 Å². The lowest BCUT2D eigenvalue weighted by molar-refractivity contribution is -0.143. The topological polar surface area (TPSA) is 80.7 Å². The maximum Gasteiger partial charge on any atom is 0.314 e. The van der Waals surface area contributed by atoms with E-state index in [9.17, 15) is 18.3 Å². The van der Waals surface area contributed by atoms with Crippen LogP contribution in [0.4, 0.5) is 0 Å². The van der Waals surface area contributed by atoms with Gasteiger partial charge in [-0.3, -0.25) is 4.79 Å². The number of hydrogen-bond acceptors (Lipinski definition) is 4. The Morgan fingerprint density at radius 1 is 1.24 bits per heavy atom. The maximum atomic E-state index is 11.7. The summed E-state index contributed by atoms with van der Waals surface area (Å²) in [5.74, 6) is -0.147. The maximum absolute atomic E-state index is 11.7. The van der Waals surface area contributed by atoms with Crippen molar-refractivity contribution in [3.63, 3.8) is 0 Å². The molecular weight excluding hydrogens is 292 g/mol. The molecule has 1 aliphatic heterocycles. The predicted octanol–water partition coefficient (Wildman–Crippen LogP) is 1.76. The average Bonchev–Trinajstić information content (AvgIpc) is 2.87. The zero-order valence-corrected chi connectivity index (χ0v) is 12.4. The minimum Gasteiger partial charge on any atom is -0.488 e. The Morgan fingerprint density at radius 3 is 2.48 bits per heavy atom. The summed E-state index contributed by atoms with van der Waals surface area (Å²) < 4.78 is 27.9. The van der Waals surface area contributed by atoms with Crippen molar-refractivity contribution in [2.45, 2.75) is 37.2 Å². The van der Waals surface area contributed by atoms with Crippen LogP contribution in [0.5, 0.6) is 5.75 Å². The number of hydrogen-bond donors (Lipinski definition) is 1. The Balaban J connectivity index is 1.81. The number of rotatable bonds is 4. The summed E-state index contributed by atoms with van der Waals surface area (Å²) in [5, 5.41) is 9.60. The molecule has 2 aliphatic rings. The third-order valence-electron chi connectivity index (χ3n) is 4.44. The molecule has 1 heterocycles. The van der Waals surface area contributed by atoms with E-state index in [0.29, 0.717) is 18.6 Å². The zero-order valence-electron chi connectivity index (χ0n) is 11.6. The van der Waals surface area contributed by atoms with Gasteiger partial charge in [0, 0.05) is 0 Å². The van der Waals surface area contributed by atoms with Crippen LogP contribution < -0.4 is 4.74 Å². The standard InChI is InChI=1S/C15H18O5S/c16-14(17)15(6-1-2-7-15)11-4-3-5-12(8-11)20-13-9-21(18,19)10-13/h3-5,8,13H,1-2,6-7,9-10H2,(H,16,17). The Kier molecular flexibility index (Phi) is 3.43. The number of sulfone groups is 1. The summed E-state index contributed by atoms with van der Waals surface area (Å²) in [6.45, 7) is 0. The molecule has 5 nitrogen and oxygen atoms in total. The molecule has 0 bridgehead atoms. The summed E-state index contributed by atoms with van der Waals surface area (Å²) in [7, 11) is -2.92. The van der Waals surface area contributed by atoms with Gasteiger partial charge in [0.05, 0.1) is 16.9 Å². The van der Waals surface area contributed by atoms with Crippen molar-refractivity contribution >= 4 is 15.8 Å². The Morgan fingerprint density at radius 2 is 1.90 bits per heavy atom. The van der Waals surface area contributed by atoms with E-state index >= 15 is 0 Å². The molecular formula is C15H18O5S. The van der Waals surface area contributed by atoms with Crippen molar-refractivity contribution in [2.24, 2.45) is 0 Å². The van der Waals surface area contributed by atoms with E-state index in [2.05, 4.69) is 0 Å². The lowest BCUT2D eigenvalue weighted by atomic mass is 9.79. The molecule has 6 heteroatoms. The molecule has 0 unspecified atom stereocenters. The van der Waals surface area contributed by atoms with E-state index < -0.39 is 21.2 Å². The monoisotopic (exact) mass is 310 g/mol. The third-order valence-corrected chi connectivity index (χ3v) is 6.19. The lowest BCUT2D eigenvalue weighted by Gasteiger charge is -2.28. The third kappa shape index (κ3) is 2.64. The number of carboxylic acid groups (broad SMARTS) is 1. The van der Waals surface area contributed by atoms with Crippen LogP contribution in [-0.2, 0) is 20.0 Å². The molecule has 1 aromatic rings. The highest BCUT2D eigenvalue weighted by molar-refractivity contribution is 7.92. The quantitative estimate of drug-likeness (QED) is 0.916. The fourth-order valence-corrected chi connectivity index (χ4v) is 4.42. The molecule has 21 heavy (non-hydrogen) atoms. The number of aliphatic carboxylic acids is 1. The predicted molar refractivity (Wildman–Crippen MR) is 77.3 cm³/mol. The first-order valence-electron chi connectivity index (χ1n) is 7.12. The molecule has 3 rings (SSSR count). The first-order chi connectivity index (χ1) is 9.91. The molecule has 1 aliphatic carbocycles. The highest BCUT2D eigenvalue weighted by Crippen LogP contribution is 2.42. The number of benzene rings is 1. The molecule has 1 N–H and O–H groups in total. The number of carbonyl (C=O) groups is 1. The highest BCUT2D eigenvalue weighted by atomic mass is 32.2. The molecule has 2 fully saturated rings. The van der Waals surface area contributed by atoms with Crippen LogP contribution in [0.1, 0.15) is 31.2 Å². The van der Waals surface area contributed by atoms with Gasteiger partial charge in [0.1, 0.15) is 11.9 Å². The van der Waals surface area contributed by atoms with Gasteiger partial charge in [-0.25, -0.2) is 8.42 Å². The lowest BCUT2D eigenvalue weighted by Crippen LogP contribution is -2.45. The van der Waals surface area contributed by atoms with Gasteiger partial charge in [0.15, 0.2) is 9.84 Å². The van der Waals surface area contributed by atoms with Crippen LogP contribution in [0.2, 0.25) is 0 Å². The van der Waals surface area contributed by atoms with Gasteiger partial charge in [-0.05, 0) is 30.5 Å². The van der Waals surface area contributed by atoms with Crippen molar-refractivity contribution in [3.8, 4) is 5.75 Å². The van der Waals surface area contributed by atoms with Gasteiger partial charge in [0.2, 0.25) is 0 Å². The van der Waals surface area contributed by atoms with Crippen molar-refractivity contribution in [1.82, 2.24) is 0 Å². The van der Waals surface area contributed by atoms with Crippen molar-refractivity contribution < 1.29 is 23.1 Å². The van der Waals surface area contributed by atoms with Gasteiger partial charge in [-0.1, -0.05) is 25.0 Å². The van der Waals surface area contributed by atoms with E-state index in [-0.39, 0.29) is 17.6 Å². The summed E-state index contributed by atoms with van der Waals surface area (Å²) in [6, 6.07) is 7.11. The van der Waals surface area contributed by atoms with E-state index in [1.54, 1.807) is 18.2 Å². The van der Waals surface area contributed by atoms with Gasteiger partial charge < -0.3 is 9.84 Å². The second-order valence-electron chi connectivity index (χ2n) is 5.94. The molecule has 0 atom stereocenters. The summed E-state index contributed by atoms with van der Waals surface area (Å²) in [4.78, 5) is 11.7. The SMILES string of the molecule is O=C(O)C1(c2cccc(OC3CS(=O)(=O)C3)c2)CCCC1. The smallest absolute Gasteiger partial charge is 0.314 e. The first kappa shape index (κ1) is 14.4. The highest BCUT2D eigenvalue weighted by Gasteiger charge is 2.43. The largest absolute Gasteiger partial charge is 0.488 e. The fourth-order valence-electron chi connectivity index (χ4n) is 3.25. The fraction of sp³-hybridized carbons (Fsp3) is 0.533. The van der Waals surface area contributed by atoms with Crippen LogP contribution in [0.15, 0.2) is 24.3 Å². The normalized spacial score (nSPS) is 23.4. The molecule has 0 spiro atoms. The Bertz CT molecular complexity index is 646. The van der Waals surface area contributed by atoms with Crippen LogP contribution in [0.3, 0.4) is 0 Å². The van der Waals surface area contributed by atoms with Crippen LogP contribution in [0.25, 0.3) is 0 Å². The minimum absolute atomic E-state index is 0.0430. The Hall–Kier alpha value is -1.56. The van der Waals surface area contributed by atoms with Crippen molar-refractivity contribution in [2.75, 3.05) is 11.5 Å². The van der Waals surface area contributed by atoms with E-state index in [1.165, 1.54) is 0 Å². The number of carboxylic acids is 1. The second-order valence-corrected chi connectivity index (χ2v) is 8.09. The average molecular weight is 310 g/mol. The van der Waals surface area contributed by atoms with Crippen molar-refractivity contribution in [1.29, 1.82) is 0 Å². The molecule has 0 amide bonds.